The zero-order valence-corrected chi connectivity index (χ0v) is 13.4. The summed E-state index contributed by atoms with van der Waals surface area (Å²) in [6, 6.07) is 0.280. The molecule has 0 aliphatic carbocycles. The van der Waals surface area contributed by atoms with Crippen LogP contribution < -0.4 is 16.0 Å². The van der Waals surface area contributed by atoms with Crippen molar-refractivity contribution in [1.29, 1.82) is 0 Å². The predicted octanol–water partition coefficient (Wildman–Crippen LogP) is 1.22. The van der Waals surface area contributed by atoms with Crippen molar-refractivity contribution < 1.29 is 9.59 Å². The van der Waals surface area contributed by atoms with E-state index in [0.717, 1.165) is 32.5 Å². The molecule has 0 aromatic heterocycles. The molecule has 1 fully saturated rings. The van der Waals surface area contributed by atoms with Crippen LogP contribution in [0.5, 0.6) is 0 Å². The zero-order chi connectivity index (χ0) is 14.1. The van der Waals surface area contributed by atoms with Crippen LogP contribution in [-0.2, 0) is 9.59 Å². The molecular formula is C14H28ClN3O2. The fourth-order valence-corrected chi connectivity index (χ4v) is 2.27. The quantitative estimate of drug-likeness (QED) is 0.662. The third kappa shape index (κ3) is 7.70. The zero-order valence-electron chi connectivity index (χ0n) is 12.5. The van der Waals surface area contributed by atoms with Gasteiger partial charge in [0.2, 0.25) is 11.8 Å². The molecule has 1 saturated heterocycles. The van der Waals surface area contributed by atoms with Crippen molar-refractivity contribution in [1.82, 2.24) is 16.0 Å². The van der Waals surface area contributed by atoms with Gasteiger partial charge in [0, 0.05) is 25.4 Å². The van der Waals surface area contributed by atoms with Gasteiger partial charge in [0.15, 0.2) is 0 Å². The Labute approximate surface area is 128 Å². The molecule has 1 aliphatic heterocycles. The SMILES string of the molecule is CCCNC(=O)CCCC(=O)NC1CCNCC1C.Cl. The fourth-order valence-electron chi connectivity index (χ4n) is 2.27. The van der Waals surface area contributed by atoms with Crippen LogP contribution in [-0.4, -0.2) is 37.5 Å². The van der Waals surface area contributed by atoms with E-state index in [1.165, 1.54) is 0 Å². The lowest BCUT2D eigenvalue weighted by atomic mass is 9.95. The van der Waals surface area contributed by atoms with Gasteiger partial charge in [-0.2, -0.15) is 0 Å². The van der Waals surface area contributed by atoms with E-state index in [2.05, 4.69) is 22.9 Å². The molecule has 0 saturated carbocycles. The maximum atomic E-state index is 11.8. The van der Waals surface area contributed by atoms with Gasteiger partial charge in [-0.3, -0.25) is 9.59 Å². The van der Waals surface area contributed by atoms with Crippen LogP contribution in [0.3, 0.4) is 0 Å². The summed E-state index contributed by atoms with van der Waals surface area (Å²) in [5.41, 5.74) is 0. The van der Waals surface area contributed by atoms with Crippen LogP contribution in [0.2, 0.25) is 0 Å². The van der Waals surface area contributed by atoms with E-state index in [9.17, 15) is 9.59 Å². The number of carbonyl (C=O) groups is 2. The summed E-state index contributed by atoms with van der Waals surface area (Å²) in [5.74, 6) is 0.595. The van der Waals surface area contributed by atoms with Crippen LogP contribution in [0.1, 0.15) is 46.0 Å². The van der Waals surface area contributed by atoms with E-state index < -0.39 is 0 Å². The molecule has 5 nitrogen and oxygen atoms in total. The van der Waals surface area contributed by atoms with E-state index in [4.69, 9.17) is 0 Å². The molecule has 6 heteroatoms. The van der Waals surface area contributed by atoms with Crippen molar-refractivity contribution in [3.8, 4) is 0 Å². The molecule has 1 aliphatic rings. The molecule has 0 aromatic carbocycles. The second-order valence-electron chi connectivity index (χ2n) is 5.35. The van der Waals surface area contributed by atoms with Crippen molar-refractivity contribution in [2.24, 2.45) is 5.92 Å². The maximum absolute atomic E-state index is 11.8. The molecule has 2 atom stereocenters. The normalized spacial score (nSPS) is 21.7. The van der Waals surface area contributed by atoms with Crippen LogP contribution in [0.4, 0.5) is 0 Å². The maximum Gasteiger partial charge on any atom is 0.220 e. The Morgan fingerprint density at radius 2 is 1.95 bits per heavy atom. The minimum Gasteiger partial charge on any atom is -0.356 e. The van der Waals surface area contributed by atoms with Gasteiger partial charge in [-0.25, -0.2) is 0 Å². The fraction of sp³-hybridized carbons (Fsp3) is 0.857. The Morgan fingerprint density at radius 3 is 2.60 bits per heavy atom. The lowest BCUT2D eigenvalue weighted by Gasteiger charge is -2.30. The Hall–Kier alpha value is -0.810. The molecular weight excluding hydrogens is 278 g/mol. The molecule has 3 N–H and O–H groups in total. The number of hydrogen-bond donors (Lipinski definition) is 3. The predicted molar refractivity (Wildman–Crippen MR) is 83.0 cm³/mol. The molecule has 2 unspecified atom stereocenters. The van der Waals surface area contributed by atoms with Gasteiger partial charge in [-0.1, -0.05) is 13.8 Å². The number of piperidine rings is 1. The number of carbonyl (C=O) groups excluding carboxylic acids is 2. The number of hydrogen-bond acceptors (Lipinski definition) is 3. The first-order valence-corrected chi connectivity index (χ1v) is 7.40. The molecule has 0 radical (unpaired) electrons. The average molecular weight is 306 g/mol. The van der Waals surface area contributed by atoms with Crippen molar-refractivity contribution in [3.63, 3.8) is 0 Å². The van der Waals surface area contributed by atoms with E-state index in [0.29, 0.717) is 25.2 Å². The first-order chi connectivity index (χ1) is 9.13. The van der Waals surface area contributed by atoms with E-state index in [-0.39, 0.29) is 30.3 Å². The van der Waals surface area contributed by atoms with Gasteiger partial charge in [0.25, 0.3) is 0 Å². The molecule has 1 rings (SSSR count). The summed E-state index contributed by atoms with van der Waals surface area (Å²) in [6.07, 6.45) is 3.44. The first kappa shape index (κ1) is 19.2. The molecule has 20 heavy (non-hydrogen) atoms. The van der Waals surface area contributed by atoms with Crippen molar-refractivity contribution in [2.45, 2.75) is 52.0 Å². The number of rotatable bonds is 7. The standard InChI is InChI=1S/C14H27N3O2.ClH/c1-3-8-16-13(18)5-4-6-14(19)17-12-7-9-15-10-11(12)2;/h11-12,15H,3-10H2,1-2H3,(H,16,18)(H,17,19);1H. The highest BCUT2D eigenvalue weighted by atomic mass is 35.5. The molecule has 2 amide bonds. The van der Waals surface area contributed by atoms with Crippen LogP contribution >= 0.6 is 12.4 Å². The first-order valence-electron chi connectivity index (χ1n) is 7.40. The van der Waals surface area contributed by atoms with Gasteiger partial charge >= 0.3 is 0 Å². The highest BCUT2D eigenvalue weighted by Gasteiger charge is 2.22. The Kier molecular flexibility index (Phi) is 10.5. The molecule has 118 valence electrons. The summed E-state index contributed by atoms with van der Waals surface area (Å²) >= 11 is 0. The van der Waals surface area contributed by atoms with Crippen molar-refractivity contribution >= 4 is 24.2 Å². The minimum absolute atomic E-state index is 0. The summed E-state index contributed by atoms with van der Waals surface area (Å²) < 4.78 is 0. The van der Waals surface area contributed by atoms with Gasteiger partial charge in [-0.15, -0.1) is 12.4 Å². The van der Waals surface area contributed by atoms with Crippen molar-refractivity contribution in [3.05, 3.63) is 0 Å². The van der Waals surface area contributed by atoms with Gasteiger partial charge in [0.05, 0.1) is 0 Å². The Balaban J connectivity index is 0.00000361. The van der Waals surface area contributed by atoms with Crippen LogP contribution in [0.25, 0.3) is 0 Å². The van der Waals surface area contributed by atoms with Crippen molar-refractivity contribution in [2.75, 3.05) is 19.6 Å². The average Bonchev–Trinajstić information content (AvgIpc) is 2.39. The summed E-state index contributed by atoms with van der Waals surface area (Å²) in [6.45, 7) is 6.82. The van der Waals surface area contributed by atoms with Gasteiger partial charge in [0.1, 0.15) is 0 Å². The number of nitrogens with one attached hydrogen (secondary N) is 3. The molecule has 0 spiro atoms. The largest absolute Gasteiger partial charge is 0.356 e. The molecule has 1 heterocycles. The molecule has 0 aromatic rings. The topological polar surface area (TPSA) is 70.2 Å². The van der Waals surface area contributed by atoms with Gasteiger partial charge in [-0.05, 0) is 38.3 Å². The summed E-state index contributed by atoms with van der Waals surface area (Å²) in [4.78, 5) is 23.2. The Bertz CT molecular complexity index is 300. The van der Waals surface area contributed by atoms with E-state index >= 15 is 0 Å². The summed E-state index contributed by atoms with van der Waals surface area (Å²) in [7, 11) is 0. The third-order valence-electron chi connectivity index (χ3n) is 3.51. The number of amides is 2. The highest BCUT2D eigenvalue weighted by molar-refractivity contribution is 5.85. The van der Waals surface area contributed by atoms with Gasteiger partial charge < -0.3 is 16.0 Å². The lowest BCUT2D eigenvalue weighted by Crippen LogP contribution is -2.48. The smallest absolute Gasteiger partial charge is 0.220 e. The Morgan fingerprint density at radius 1 is 1.25 bits per heavy atom. The lowest BCUT2D eigenvalue weighted by molar-refractivity contribution is -0.123. The second kappa shape index (κ2) is 10.9. The highest BCUT2D eigenvalue weighted by Crippen LogP contribution is 2.10. The number of halogens is 1. The van der Waals surface area contributed by atoms with Crippen LogP contribution in [0.15, 0.2) is 0 Å². The summed E-state index contributed by atoms with van der Waals surface area (Å²) in [5, 5.41) is 9.20. The minimum atomic E-state index is 0. The second-order valence-corrected chi connectivity index (χ2v) is 5.35. The van der Waals surface area contributed by atoms with E-state index in [1.807, 2.05) is 6.92 Å². The third-order valence-corrected chi connectivity index (χ3v) is 3.51. The molecule has 0 bridgehead atoms. The monoisotopic (exact) mass is 305 g/mol. The van der Waals surface area contributed by atoms with E-state index in [1.54, 1.807) is 0 Å². The van der Waals surface area contributed by atoms with Crippen LogP contribution in [0, 0.1) is 5.92 Å².